The molecule has 0 bridgehead atoms. The maximum atomic E-state index is 13.0. The second-order valence-corrected chi connectivity index (χ2v) is 5.62. The van der Waals surface area contributed by atoms with E-state index in [-0.39, 0.29) is 11.7 Å². The normalized spacial score (nSPS) is 16.9. The van der Waals surface area contributed by atoms with Crippen LogP contribution < -0.4 is 5.32 Å². The highest BCUT2D eigenvalue weighted by molar-refractivity contribution is 5.94. The van der Waals surface area contributed by atoms with E-state index in [1.54, 1.807) is 12.1 Å². The van der Waals surface area contributed by atoms with Crippen molar-refractivity contribution in [2.45, 2.75) is 12.8 Å². The maximum Gasteiger partial charge on any atom is 0.251 e. The van der Waals surface area contributed by atoms with E-state index in [0.29, 0.717) is 12.1 Å². The molecule has 0 aromatic heterocycles. The fraction of sp³-hybridized carbons (Fsp3) is 0.562. The van der Waals surface area contributed by atoms with Crippen molar-refractivity contribution < 1.29 is 9.18 Å². The van der Waals surface area contributed by atoms with Gasteiger partial charge in [-0.1, -0.05) is 6.07 Å². The van der Waals surface area contributed by atoms with E-state index >= 15 is 0 Å². The zero-order valence-corrected chi connectivity index (χ0v) is 12.6. The van der Waals surface area contributed by atoms with Crippen molar-refractivity contribution >= 4 is 5.91 Å². The molecule has 1 aromatic carbocycles. The number of carbonyl (C=O) groups is 1. The van der Waals surface area contributed by atoms with Crippen LogP contribution in [0, 0.1) is 5.82 Å². The molecule has 0 radical (unpaired) electrons. The van der Waals surface area contributed by atoms with Gasteiger partial charge in [-0.25, -0.2) is 4.39 Å². The van der Waals surface area contributed by atoms with Crippen LogP contribution in [0.5, 0.6) is 0 Å². The van der Waals surface area contributed by atoms with Crippen molar-refractivity contribution in [2.75, 3.05) is 46.3 Å². The van der Waals surface area contributed by atoms with E-state index in [1.807, 2.05) is 0 Å². The number of piperazine rings is 1. The third kappa shape index (κ3) is 5.44. The highest BCUT2D eigenvalue weighted by Gasteiger charge is 2.12. The Morgan fingerprint density at radius 1 is 1.24 bits per heavy atom. The molecule has 21 heavy (non-hydrogen) atoms. The minimum absolute atomic E-state index is 0.200. The highest BCUT2D eigenvalue weighted by Crippen LogP contribution is 2.04. The fourth-order valence-corrected chi connectivity index (χ4v) is 2.47. The number of halogens is 1. The summed E-state index contributed by atoms with van der Waals surface area (Å²) >= 11 is 0. The second kappa shape index (κ2) is 8.10. The lowest BCUT2D eigenvalue weighted by Crippen LogP contribution is -2.44. The van der Waals surface area contributed by atoms with Crippen molar-refractivity contribution in [2.24, 2.45) is 0 Å². The molecule has 2 rings (SSSR count). The average Bonchev–Trinajstić information content (AvgIpc) is 2.48. The number of benzene rings is 1. The first-order valence-electron chi connectivity index (χ1n) is 7.60. The summed E-state index contributed by atoms with van der Waals surface area (Å²) in [4.78, 5) is 16.6. The Morgan fingerprint density at radius 2 is 2.00 bits per heavy atom. The predicted octanol–water partition coefficient (Wildman–Crippen LogP) is 1.58. The second-order valence-electron chi connectivity index (χ2n) is 5.62. The van der Waals surface area contributed by atoms with Crippen molar-refractivity contribution in [3.8, 4) is 0 Å². The van der Waals surface area contributed by atoms with Gasteiger partial charge in [-0.05, 0) is 44.6 Å². The first kappa shape index (κ1) is 15.9. The molecule has 1 heterocycles. The molecular weight excluding hydrogens is 269 g/mol. The molecule has 0 aliphatic carbocycles. The monoisotopic (exact) mass is 293 g/mol. The predicted molar refractivity (Wildman–Crippen MR) is 81.9 cm³/mol. The zero-order valence-electron chi connectivity index (χ0n) is 12.6. The van der Waals surface area contributed by atoms with Gasteiger partial charge < -0.3 is 15.1 Å². The molecule has 0 saturated carbocycles. The summed E-state index contributed by atoms with van der Waals surface area (Å²) in [5, 5.41) is 2.84. The Hall–Kier alpha value is -1.46. The van der Waals surface area contributed by atoms with E-state index in [9.17, 15) is 9.18 Å². The first-order valence-corrected chi connectivity index (χ1v) is 7.60. The van der Waals surface area contributed by atoms with Gasteiger partial charge in [0, 0.05) is 38.3 Å². The third-order valence-corrected chi connectivity index (χ3v) is 3.87. The van der Waals surface area contributed by atoms with Gasteiger partial charge >= 0.3 is 0 Å². The van der Waals surface area contributed by atoms with E-state index in [2.05, 4.69) is 22.2 Å². The van der Waals surface area contributed by atoms with Crippen LogP contribution in [-0.4, -0.2) is 62.0 Å². The minimum atomic E-state index is -0.377. The van der Waals surface area contributed by atoms with Gasteiger partial charge in [-0.15, -0.1) is 0 Å². The van der Waals surface area contributed by atoms with Crippen molar-refractivity contribution in [3.05, 3.63) is 35.6 Å². The summed E-state index contributed by atoms with van der Waals surface area (Å²) in [5.41, 5.74) is 0.383. The molecule has 1 aliphatic heterocycles. The topological polar surface area (TPSA) is 35.6 Å². The molecule has 1 fully saturated rings. The van der Waals surface area contributed by atoms with Crippen LogP contribution in [0.15, 0.2) is 24.3 Å². The molecule has 1 aromatic rings. The molecule has 0 spiro atoms. The van der Waals surface area contributed by atoms with Crippen molar-refractivity contribution in [1.29, 1.82) is 0 Å². The summed E-state index contributed by atoms with van der Waals surface area (Å²) in [7, 11) is 2.15. The van der Waals surface area contributed by atoms with Gasteiger partial charge in [-0.2, -0.15) is 0 Å². The van der Waals surface area contributed by atoms with Crippen LogP contribution in [-0.2, 0) is 0 Å². The van der Waals surface area contributed by atoms with Gasteiger partial charge in [-0.3, -0.25) is 4.79 Å². The average molecular weight is 293 g/mol. The molecule has 116 valence electrons. The number of likely N-dealkylation sites (N-methyl/N-ethyl adjacent to an activating group) is 1. The lowest BCUT2D eigenvalue weighted by molar-refractivity contribution is 0.0951. The number of hydrogen-bond acceptors (Lipinski definition) is 3. The molecule has 1 aliphatic rings. The van der Waals surface area contributed by atoms with Gasteiger partial charge in [0.15, 0.2) is 0 Å². The highest BCUT2D eigenvalue weighted by atomic mass is 19.1. The number of unbranched alkanes of at least 4 members (excludes halogenated alkanes) is 1. The Morgan fingerprint density at radius 3 is 2.71 bits per heavy atom. The molecule has 0 unspecified atom stereocenters. The number of carbonyl (C=O) groups excluding carboxylic acids is 1. The minimum Gasteiger partial charge on any atom is -0.352 e. The summed E-state index contributed by atoms with van der Waals surface area (Å²) in [6.45, 7) is 6.26. The summed E-state index contributed by atoms with van der Waals surface area (Å²) in [6.07, 6.45) is 2.03. The van der Waals surface area contributed by atoms with E-state index in [1.165, 1.54) is 12.1 Å². The largest absolute Gasteiger partial charge is 0.352 e. The molecule has 4 nitrogen and oxygen atoms in total. The van der Waals surface area contributed by atoms with Crippen LogP contribution in [0.25, 0.3) is 0 Å². The number of nitrogens with one attached hydrogen (secondary N) is 1. The summed E-state index contributed by atoms with van der Waals surface area (Å²) in [6, 6.07) is 5.78. The smallest absolute Gasteiger partial charge is 0.251 e. The lowest BCUT2D eigenvalue weighted by Gasteiger charge is -2.32. The number of hydrogen-bond donors (Lipinski definition) is 1. The zero-order chi connectivity index (χ0) is 15.1. The molecule has 1 N–H and O–H groups in total. The standard InChI is InChI=1S/C16H24FN3O/c1-19-9-11-20(12-10-19)8-3-2-7-18-16(21)14-5-4-6-15(17)13-14/h4-6,13H,2-3,7-12H2,1H3,(H,18,21). The van der Waals surface area contributed by atoms with Crippen LogP contribution >= 0.6 is 0 Å². The van der Waals surface area contributed by atoms with Crippen LogP contribution in [0.4, 0.5) is 4.39 Å². The quantitative estimate of drug-likeness (QED) is 0.809. The Labute approximate surface area is 125 Å². The Balaban J connectivity index is 1.58. The fourth-order valence-electron chi connectivity index (χ4n) is 2.47. The molecular formula is C16H24FN3O. The van der Waals surface area contributed by atoms with Gasteiger partial charge in [0.2, 0.25) is 0 Å². The van der Waals surface area contributed by atoms with Crippen LogP contribution in [0.2, 0.25) is 0 Å². The van der Waals surface area contributed by atoms with Crippen molar-refractivity contribution in [3.63, 3.8) is 0 Å². The molecule has 1 saturated heterocycles. The van der Waals surface area contributed by atoms with E-state index in [4.69, 9.17) is 0 Å². The molecule has 0 atom stereocenters. The van der Waals surface area contributed by atoms with Gasteiger partial charge in [0.1, 0.15) is 5.82 Å². The van der Waals surface area contributed by atoms with Crippen molar-refractivity contribution in [1.82, 2.24) is 15.1 Å². The Bertz CT molecular complexity index is 459. The molecule has 1 amide bonds. The van der Waals surface area contributed by atoms with E-state index < -0.39 is 0 Å². The number of amides is 1. The third-order valence-electron chi connectivity index (χ3n) is 3.87. The number of nitrogens with zero attached hydrogens (tertiary/aromatic N) is 2. The SMILES string of the molecule is CN1CCN(CCCCNC(=O)c2cccc(F)c2)CC1. The van der Waals surface area contributed by atoms with Crippen LogP contribution in [0.1, 0.15) is 23.2 Å². The van der Waals surface area contributed by atoms with Gasteiger partial charge in [0.25, 0.3) is 5.91 Å². The summed E-state index contributed by atoms with van der Waals surface area (Å²) in [5.74, 6) is -0.577. The van der Waals surface area contributed by atoms with Crippen LogP contribution in [0.3, 0.4) is 0 Å². The first-order chi connectivity index (χ1) is 10.1. The van der Waals surface area contributed by atoms with E-state index in [0.717, 1.165) is 45.6 Å². The maximum absolute atomic E-state index is 13.0. The Kier molecular flexibility index (Phi) is 6.14. The lowest BCUT2D eigenvalue weighted by atomic mass is 10.2. The molecule has 5 heteroatoms. The van der Waals surface area contributed by atoms with Gasteiger partial charge in [0.05, 0.1) is 0 Å². The summed E-state index contributed by atoms with van der Waals surface area (Å²) < 4.78 is 13.0. The number of rotatable bonds is 6.